The zero-order chi connectivity index (χ0) is 17.9. The molecule has 3 amide bonds. The first kappa shape index (κ1) is 20.0. The maximum atomic E-state index is 11.9. The van der Waals surface area contributed by atoms with Crippen molar-refractivity contribution in [2.75, 3.05) is 13.2 Å². The number of nitrogens with one attached hydrogen (secondary N) is 3. The average Bonchev–Trinajstić information content (AvgIpc) is 3.11. The van der Waals surface area contributed by atoms with Crippen molar-refractivity contribution in [3.05, 3.63) is 0 Å². The molecule has 1 aliphatic carbocycles. The van der Waals surface area contributed by atoms with E-state index in [4.69, 9.17) is 4.74 Å². The van der Waals surface area contributed by atoms with Gasteiger partial charge in [-0.05, 0) is 51.9 Å². The minimum atomic E-state index is -0.0998. The summed E-state index contributed by atoms with van der Waals surface area (Å²) in [5.74, 6) is 0.0642. The van der Waals surface area contributed by atoms with Crippen molar-refractivity contribution in [2.24, 2.45) is 0 Å². The lowest BCUT2D eigenvalue weighted by atomic mass is 9.96. The van der Waals surface area contributed by atoms with E-state index >= 15 is 0 Å². The third-order valence-corrected chi connectivity index (χ3v) is 5.16. The Kier molecular flexibility index (Phi) is 9.08. The molecule has 2 aliphatic rings. The molecule has 1 heterocycles. The van der Waals surface area contributed by atoms with E-state index in [-0.39, 0.29) is 18.0 Å². The van der Waals surface area contributed by atoms with Gasteiger partial charge < -0.3 is 20.7 Å². The van der Waals surface area contributed by atoms with E-state index < -0.39 is 0 Å². The molecule has 144 valence electrons. The molecule has 0 aromatic heterocycles. The number of carbonyl (C=O) groups is 2. The van der Waals surface area contributed by atoms with E-state index in [0.717, 1.165) is 45.1 Å². The fourth-order valence-corrected chi connectivity index (χ4v) is 3.66. The van der Waals surface area contributed by atoms with Crippen LogP contribution in [0.5, 0.6) is 0 Å². The highest BCUT2D eigenvalue weighted by molar-refractivity contribution is 5.76. The van der Waals surface area contributed by atoms with Crippen molar-refractivity contribution in [3.63, 3.8) is 0 Å². The zero-order valence-corrected chi connectivity index (χ0v) is 15.6. The van der Waals surface area contributed by atoms with Gasteiger partial charge in [0, 0.05) is 31.7 Å². The normalized spacial score (nSPS) is 22.4. The third kappa shape index (κ3) is 8.56. The van der Waals surface area contributed by atoms with Crippen LogP contribution in [-0.2, 0) is 9.53 Å². The number of rotatable bonds is 9. The third-order valence-electron chi connectivity index (χ3n) is 5.16. The van der Waals surface area contributed by atoms with Crippen molar-refractivity contribution in [1.29, 1.82) is 0 Å². The maximum absolute atomic E-state index is 11.9. The average molecular weight is 354 g/mol. The zero-order valence-electron chi connectivity index (χ0n) is 15.6. The lowest BCUT2D eigenvalue weighted by Gasteiger charge is -2.22. The molecule has 6 nitrogen and oxygen atoms in total. The number of amides is 3. The summed E-state index contributed by atoms with van der Waals surface area (Å²) in [5, 5.41) is 8.91. The van der Waals surface area contributed by atoms with E-state index in [9.17, 15) is 9.59 Å². The second kappa shape index (κ2) is 11.3. The molecule has 0 aromatic carbocycles. The SMILES string of the molecule is CC(CCC1CCCO1)NC(=O)CCCNC(=O)NC1CCCCC1. The maximum Gasteiger partial charge on any atom is 0.315 e. The van der Waals surface area contributed by atoms with Crippen molar-refractivity contribution in [1.82, 2.24) is 16.0 Å². The Morgan fingerprint density at radius 3 is 2.64 bits per heavy atom. The summed E-state index contributed by atoms with van der Waals surface area (Å²) in [5.41, 5.74) is 0. The van der Waals surface area contributed by atoms with E-state index in [1.807, 2.05) is 6.92 Å². The minimum absolute atomic E-state index is 0.0642. The molecule has 1 saturated heterocycles. The molecule has 3 N–H and O–H groups in total. The van der Waals surface area contributed by atoms with Crippen molar-refractivity contribution in [2.45, 2.75) is 95.7 Å². The molecule has 25 heavy (non-hydrogen) atoms. The van der Waals surface area contributed by atoms with Gasteiger partial charge in [-0.25, -0.2) is 4.79 Å². The minimum Gasteiger partial charge on any atom is -0.378 e. The molecule has 0 spiro atoms. The van der Waals surface area contributed by atoms with Gasteiger partial charge in [-0.1, -0.05) is 19.3 Å². The number of carbonyl (C=O) groups excluding carboxylic acids is 2. The highest BCUT2D eigenvalue weighted by Crippen LogP contribution is 2.18. The fourth-order valence-electron chi connectivity index (χ4n) is 3.66. The topological polar surface area (TPSA) is 79.5 Å². The molecule has 1 aliphatic heterocycles. The summed E-state index contributed by atoms with van der Waals surface area (Å²) >= 11 is 0. The van der Waals surface area contributed by atoms with Crippen LogP contribution in [0.4, 0.5) is 4.79 Å². The monoisotopic (exact) mass is 353 g/mol. The second-order valence-corrected chi connectivity index (χ2v) is 7.52. The van der Waals surface area contributed by atoms with E-state index in [1.54, 1.807) is 0 Å². The van der Waals surface area contributed by atoms with Crippen LogP contribution in [0.1, 0.15) is 77.6 Å². The molecular formula is C19H35N3O3. The smallest absolute Gasteiger partial charge is 0.315 e. The molecule has 1 saturated carbocycles. The lowest BCUT2D eigenvalue weighted by molar-refractivity contribution is -0.121. The summed E-state index contributed by atoms with van der Waals surface area (Å²) in [7, 11) is 0. The molecule has 0 aromatic rings. The van der Waals surface area contributed by atoms with Crippen LogP contribution in [0.2, 0.25) is 0 Å². The van der Waals surface area contributed by atoms with Crippen LogP contribution in [-0.4, -0.2) is 43.3 Å². The first-order valence-electron chi connectivity index (χ1n) is 10.1. The van der Waals surface area contributed by atoms with Crippen LogP contribution >= 0.6 is 0 Å². The molecular weight excluding hydrogens is 318 g/mol. The molecule has 0 bridgehead atoms. The molecule has 2 unspecified atom stereocenters. The molecule has 0 radical (unpaired) electrons. The molecule has 2 rings (SSSR count). The predicted octanol–water partition coefficient (Wildman–Crippen LogP) is 2.86. The summed E-state index contributed by atoms with van der Waals surface area (Å²) in [6.45, 7) is 3.46. The Morgan fingerprint density at radius 2 is 1.92 bits per heavy atom. The quantitative estimate of drug-likeness (QED) is 0.558. The Morgan fingerprint density at radius 1 is 1.12 bits per heavy atom. The van der Waals surface area contributed by atoms with E-state index in [0.29, 0.717) is 31.5 Å². The largest absolute Gasteiger partial charge is 0.378 e. The van der Waals surface area contributed by atoms with Gasteiger partial charge in [0.25, 0.3) is 0 Å². The first-order chi connectivity index (χ1) is 12.1. The van der Waals surface area contributed by atoms with Crippen LogP contribution in [0.15, 0.2) is 0 Å². The Balaban J connectivity index is 1.46. The van der Waals surface area contributed by atoms with E-state index in [1.165, 1.54) is 19.3 Å². The standard InChI is InChI=1S/C19H35N3O3/c1-15(11-12-17-9-6-14-25-17)21-18(23)10-5-13-20-19(24)22-16-7-3-2-4-8-16/h15-17H,2-14H2,1H3,(H,21,23)(H2,20,22,24). The summed E-state index contributed by atoms with van der Waals surface area (Å²) in [4.78, 5) is 23.8. The number of hydrogen-bond donors (Lipinski definition) is 3. The second-order valence-electron chi connectivity index (χ2n) is 7.52. The van der Waals surface area contributed by atoms with Crippen molar-refractivity contribution in [3.8, 4) is 0 Å². The molecule has 2 fully saturated rings. The molecule has 6 heteroatoms. The van der Waals surface area contributed by atoms with Crippen LogP contribution in [0.25, 0.3) is 0 Å². The molecule has 2 atom stereocenters. The Bertz CT molecular complexity index is 405. The fraction of sp³-hybridized carbons (Fsp3) is 0.895. The number of hydrogen-bond acceptors (Lipinski definition) is 3. The highest BCUT2D eigenvalue weighted by Gasteiger charge is 2.17. The van der Waals surface area contributed by atoms with Gasteiger partial charge in [-0.15, -0.1) is 0 Å². The van der Waals surface area contributed by atoms with Crippen molar-refractivity contribution < 1.29 is 14.3 Å². The Labute approximate surface area is 151 Å². The van der Waals surface area contributed by atoms with Crippen molar-refractivity contribution >= 4 is 11.9 Å². The summed E-state index contributed by atoms with van der Waals surface area (Å²) in [6, 6.07) is 0.401. The number of urea groups is 1. The Hall–Kier alpha value is -1.30. The summed E-state index contributed by atoms with van der Waals surface area (Å²) in [6.07, 6.45) is 11.6. The van der Waals surface area contributed by atoms with Gasteiger partial charge in [-0.3, -0.25) is 4.79 Å². The van der Waals surface area contributed by atoms with Crippen LogP contribution in [0.3, 0.4) is 0 Å². The van der Waals surface area contributed by atoms with Gasteiger partial charge in [-0.2, -0.15) is 0 Å². The highest BCUT2D eigenvalue weighted by atomic mass is 16.5. The van der Waals surface area contributed by atoms with E-state index in [2.05, 4.69) is 16.0 Å². The van der Waals surface area contributed by atoms with Gasteiger partial charge in [0.05, 0.1) is 6.10 Å². The van der Waals surface area contributed by atoms with Crippen LogP contribution in [0, 0.1) is 0 Å². The number of ether oxygens (including phenoxy) is 1. The lowest BCUT2D eigenvalue weighted by Crippen LogP contribution is -2.43. The summed E-state index contributed by atoms with van der Waals surface area (Å²) < 4.78 is 5.61. The first-order valence-corrected chi connectivity index (χ1v) is 10.1. The van der Waals surface area contributed by atoms with Gasteiger partial charge in [0.2, 0.25) is 5.91 Å². The van der Waals surface area contributed by atoms with Gasteiger partial charge >= 0.3 is 6.03 Å². The predicted molar refractivity (Wildman–Crippen MR) is 98.5 cm³/mol. The van der Waals surface area contributed by atoms with Gasteiger partial charge in [0.15, 0.2) is 0 Å². The van der Waals surface area contributed by atoms with Crippen LogP contribution < -0.4 is 16.0 Å². The van der Waals surface area contributed by atoms with Gasteiger partial charge in [0.1, 0.15) is 0 Å².